The minimum absolute atomic E-state index is 0.0968. The third kappa shape index (κ3) is 4.18. The molecule has 5 rings (SSSR count). The fraction of sp³-hybridized carbons (Fsp3) is 0.480. The van der Waals surface area contributed by atoms with Crippen LogP contribution in [0.25, 0.3) is 16.8 Å². The first-order valence-electron chi connectivity index (χ1n) is 12.2. The summed E-state index contributed by atoms with van der Waals surface area (Å²) in [6, 6.07) is 6.96. The quantitative estimate of drug-likeness (QED) is 0.536. The van der Waals surface area contributed by atoms with Crippen LogP contribution in [-0.4, -0.2) is 71.4 Å². The van der Waals surface area contributed by atoms with E-state index < -0.39 is 10.0 Å². The van der Waals surface area contributed by atoms with Crippen molar-refractivity contribution >= 4 is 21.6 Å². The maximum Gasteiger partial charge on any atom is 0.275 e. The van der Waals surface area contributed by atoms with Gasteiger partial charge >= 0.3 is 0 Å². The maximum atomic E-state index is 13.6. The maximum absolute atomic E-state index is 13.6. The van der Waals surface area contributed by atoms with Crippen LogP contribution in [0.2, 0.25) is 0 Å². The van der Waals surface area contributed by atoms with Gasteiger partial charge in [0.15, 0.2) is 11.3 Å². The highest BCUT2D eigenvalue weighted by molar-refractivity contribution is 7.89. The highest BCUT2D eigenvalue weighted by Crippen LogP contribution is 2.36. The van der Waals surface area contributed by atoms with E-state index in [1.807, 2.05) is 24.8 Å². The molecule has 0 aliphatic carbocycles. The van der Waals surface area contributed by atoms with Gasteiger partial charge in [-0.15, -0.1) is 0 Å². The van der Waals surface area contributed by atoms with Crippen LogP contribution in [0.15, 0.2) is 29.2 Å². The largest absolute Gasteiger partial charge is 0.495 e. The molecule has 0 saturated carbocycles. The Morgan fingerprint density at radius 3 is 2.34 bits per heavy atom. The lowest BCUT2D eigenvalue weighted by molar-refractivity contribution is 0.0718. The Labute approximate surface area is 205 Å². The Morgan fingerprint density at radius 1 is 0.971 bits per heavy atom. The molecule has 1 amide bonds. The number of nitrogens with zero attached hydrogens (tertiary/aromatic N) is 5. The summed E-state index contributed by atoms with van der Waals surface area (Å²) in [7, 11) is -2.29. The Morgan fingerprint density at radius 2 is 1.66 bits per heavy atom. The van der Waals surface area contributed by atoms with E-state index in [0.29, 0.717) is 48.6 Å². The van der Waals surface area contributed by atoms with Crippen molar-refractivity contribution in [2.24, 2.45) is 0 Å². The number of hydrogen-bond acceptors (Lipinski definition) is 6. The van der Waals surface area contributed by atoms with E-state index in [0.717, 1.165) is 43.5 Å². The number of likely N-dealkylation sites (tertiary alicyclic amines) is 1. The molecule has 0 bridgehead atoms. The third-order valence-electron chi connectivity index (χ3n) is 6.88. The van der Waals surface area contributed by atoms with Crippen LogP contribution in [0.1, 0.15) is 54.0 Å². The van der Waals surface area contributed by atoms with Crippen molar-refractivity contribution in [3.05, 3.63) is 41.3 Å². The first kappa shape index (κ1) is 23.7. The second-order valence-electron chi connectivity index (χ2n) is 9.33. The van der Waals surface area contributed by atoms with Crippen molar-refractivity contribution in [1.29, 1.82) is 0 Å². The molecule has 3 aromatic rings. The topological polar surface area (TPSA) is 97.1 Å². The Balaban J connectivity index is 1.72. The molecule has 186 valence electrons. The van der Waals surface area contributed by atoms with Gasteiger partial charge in [0.25, 0.3) is 5.91 Å². The van der Waals surface area contributed by atoms with Crippen molar-refractivity contribution in [2.45, 2.75) is 50.8 Å². The molecule has 9 nitrogen and oxygen atoms in total. The number of sulfonamides is 1. The van der Waals surface area contributed by atoms with Gasteiger partial charge in [-0.25, -0.2) is 17.9 Å². The minimum atomic E-state index is -3.75. The molecule has 2 saturated heterocycles. The van der Waals surface area contributed by atoms with Gasteiger partial charge in [-0.05, 0) is 69.7 Å². The molecule has 2 aliphatic heterocycles. The lowest BCUT2D eigenvalue weighted by Crippen LogP contribution is -2.36. The summed E-state index contributed by atoms with van der Waals surface area (Å²) >= 11 is 0. The van der Waals surface area contributed by atoms with Crippen LogP contribution >= 0.6 is 0 Å². The summed E-state index contributed by atoms with van der Waals surface area (Å²) in [5, 5.41) is 4.69. The standard InChI is InChI=1S/C25H31N5O4S/c1-17-15-18(2)30-24(26-17)22(23(27-30)25(31)28-11-5-4-6-12-28)19-9-10-20(34-3)21(16-19)35(32,33)29-13-7-8-14-29/h9-10,15-16H,4-8,11-14H2,1-3H3. The molecule has 35 heavy (non-hydrogen) atoms. The van der Waals surface area contributed by atoms with E-state index >= 15 is 0 Å². The lowest BCUT2D eigenvalue weighted by Gasteiger charge is -2.26. The number of rotatable bonds is 5. The third-order valence-corrected chi connectivity index (χ3v) is 8.80. The minimum Gasteiger partial charge on any atom is -0.495 e. The van der Waals surface area contributed by atoms with Gasteiger partial charge in [0, 0.05) is 37.6 Å². The smallest absolute Gasteiger partial charge is 0.275 e. The predicted molar refractivity (Wildman–Crippen MR) is 132 cm³/mol. The molecule has 0 N–H and O–H groups in total. The van der Waals surface area contributed by atoms with Gasteiger partial charge in [-0.2, -0.15) is 9.40 Å². The summed E-state index contributed by atoms with van der Waals surface area (Å²) in [6.45, 7) is 6.18. The molecule has 2 fully saturated rings. The van der Waals surface area contributed by atoms with Gasteiger partial charge in [0.2, 0.25) is 10.0 Å². The van der Waals surface area contributed by atoms with Gasteiger partial charge in [-0.3, -0.25) is 4.79 Å². The molecule has 10 heteroatoms. The van der Waals surface area contributed by atoms with Gasteiger partial charge in [0.1, 0.15) is 10.6 Å². The zero-order valence-corrected chi connectivity index (χ0v) is 21.3. The second kappa shape index (κ2) is 9.23. The molecule has 1 aromatic carbocycles. The number of hydrogen-bond donors (Lipinski definition) is 0. The number of aromatic nitrogens is 3. The number of carbonyl (C=O) groups is 1. The van der Waals surface area contributed by atoms with E-state index in [4.69, 9.17) is 9.72 Å². The number of carbonyl (C=O) groups excluding carboxylic acids is 1. The summed E-state index contributed by atoms with van der Waals surface area (Å²) in [4.78, 5) is 20.3. The fourth-order valence-corrected chi connectivity index (χ4v) is 6.78. The molecule has 0 radical (unpaired) electrons. The average molecular weight is 498 g/mol. The van der Waals surface area contributed by atoms with Crippen LogP contribution in [0, 0.1) is 13.8 Å². The van der Waals surface area contributed by atoms with Crippen molar-refractivity contribution in [3.63, 3.8) is 0 Å². The fourth-order valence-electron chi connectivity index (χ4n) is 5.08. The highest BCUT2D eigenvalue weighted by Gasteiger charge is 2.32. The van der Waals surface area contributed by atoms with Crippen LogP contribution in [-0.2, 0) is 10.0 Å². The number of aryl methyl sites for hydroxylation is 2. The first-order chi connectivity index (χ1) is 16.8. The first-order valence-corrected chi connectivity index (χ1v) is 13.6. The van der Waals surface area contributed by atoms with Crippen molar-refractivity contribution in [2.75, 3.05) is 33.3 Å². The number of piperidine rings is 1. The summed E-state index contributed by atoms with van der Waals surface area (Å²) in [6.07, 6.45) is 4.72. The van der Waals surface area contributed by atoms with E-state index in [1.165, 1.54) is 11.4 Å². The highest BCUT2D eigenvalue weighted by atomic mass is 32.2. The molecule has 0 spiro atoms. The Kier molecular flexibility index (Phi) is 6.27. The number of benzene rings is 1. The molecule has 0 atom stereocenters. The zero-order valence-electron chi connectivity index (χ0n) is 20.5. The van der Waals surface area contributed by atoms with E-state index in [9.17, 15) is 13.2 Å². The number of fused-ring (bicyclic) bond motifs is 1. The average Bonchev–Trinajstić information content (AvgIpc) is 3.53. The normalized spacial score (nSPS) is 17.3. The number of amides is 1. The molecular formula is C25H31N5O4S. The van der Waals surface area contributed by atoms with Gasteiger partial charge in [0.05, 0.1) is 12.7 Å². The Bertz CT molecular complexity index is 1390. The van der Waals surface area contributed by atoms with Gasteiger partial charge < -0.3 is 9.64 Å². The van der Waals surface area contributed by atoms with Crippen LogP contribution < -0.4 is 4.74 Å². The van der Waals surface area contributed by atoms with E-state index in [-0.39, 0.29) is 16.6 Å². The molecule has 2 aliphatic rings. The van der Waals surface area contributed by atoms with Crippen LogP contribution in [0.3, 0.4) is 0 Å². The van der Waals surface area contributed by atoms with Crippen LogP contribution in [0.4, 0.5) is 0 Å². The second-order valence-corrected chi connectivity index (χ2v) is 11.2. The van der Waals surface area contributed by atoms with E-state index in [2.05, 4.69) is 5.10 Å². The van der Waals surface area contributed by atoms with Crippen molar-refractivity contribution < 1.29 is 17.9 Å². The van der Waals surface area contributed by atoms with Gasteiger partial charge in [-0.1, -0.05) is 6.07 Å². The molecule has 4 heterocycles. The lowest BCUT2D eigenvalue weighted by atomic mass is 10.0. The summed E-state index contributed by atoms with van der Waals surface area (Å²) in [5.74, 6) is 0.128. The van der Waals surface area contributed by atoms with Crippen LogP contribution in [0.5, 0.6) is 5.75 Å². The SMILES string of the molecule is COc1ccc(-c2c(C(=O)N3CCCCC3)nn3c(C)cc(C)nc23)cc1S(=O)(=O)N1CCCC1. The van der Waals surface area contributed by atoms with Crippen molar-refractivity contribution in [3.8, 4) is 16.9 Å². The monoisotopic (exact) mass is 497 g/mol. The van der Waals surface area contributed by atoms with E-state index in [1.54, 1.807) is 22.7 Å². The summed E-state index contributed by atoms with van der Waals surface area (Å²) < 4.78 is 35.6. The van der Waals surface area contributed by atoms with Crippen molar-refractivity contribution in [1.82, 2.24) is 23.8 Å². The molecular weight excluding hydrogens is 466 g/mol. The Hall–Kier alpha value is -2.98. The molecule has 2 aromatic heterocycles. The number of ether oxygens (including phenoxy) is 1. The summed E-state index contributed by atoms with van der Waals surface area (Å²) in [5.41, 5.74) is 3.61. The number of methoxy groups -OCH3 is 1. The molecule has 0 unspecified atom stereocenters. The zero-order chi connectivity index (χ0) is 24.7. The predicted octanol–water partition coefficient (Wildman–Crippen LogP) is 3.43.